The summed E-state index contributed by atoms with van der Waals surface area (Å²) in [4.78, 5) is 12.6. The standard InChI is InChI=1S/C24H21Cl2N3O/c1-4-17-8-10-20(11-9-17)28-24(30)19(14-27)13-18-12-15(2)29(16(18)3)22-7-5-6-21(25)23(22)26/h5-13H,4H2,1-3H3,(H,28,30). The molecule has 3 aromatic rings. The van der Waals surface area contributed by atoms with Gasteiger partial charge < -0.3 is 9.88 Å². The fraction of sp³-hybridized carbons (Fsp3) is 0.167. The van der Waals surface area contributed by atoms with Crippen molar-refractivity contribution in [3.8, 4) is 11.8 Å². The molecule has 0 saturated heterocycles. The first-order valence-corrected chi connectivity index (χ1v) is 10.3. The summed E-state index contributed by atoms with van der Waals surface area (Å²) in [6, 6.07) is 16.9. The highest BCUT2D eigenvalue weighted by molar-refractivity contribution is 6.43. The molecule has 152 valence electrons. The summed E-state index contributed by atoms with van der Waals surface area (Å²) in [5.41, 5.74) is 5.12. The number of nitrogens with one attached hydrogen (secondary N) is 1. The van der Waals surface area contributed by atoms with Crippen LogP contribution in [0.1, 0.15) is 29.4 Å². The van der Waals surface area contributed by atoms with Crippen molar-refractivity contribution in [1.82, 2.24) is 4.57 Å². The molecule has 1 N–H and O–H groups in total. The number of aromatic nitrogens is 1. The monoisotopic (exact) mass is 437 g/mol. The number of anilines is 1. The first kappa shape index (κ1) is 21.7. The lowest BCUT2D eigenvalue weighted by atomic mass is 10.1. The van der Waals surface area contributed by atoms with E-state index in [1.54, 1.807) is 12.1 Å². The van der Waals surface area contributed by atoms with Crippen LogP contribution in [0.15, 0.2) is 54.1 Å². The third-order valence-corrected chi connectivity index (χ3v) is 5.74. The van der Waals surface area contributed by atoms with Crippen LogP contribution in [0.5, 0.6) is 0 Å². The van der Waals surface area contributed by atoms with Gasteiger partial charge in [-0.05, 0) is 67.8 Å². The predicted octanol–water partition coefficient (Wildman–Crippen LogP) is 6.51. The van der Waals surface area contributed by atoms with Crippen molar-refractivity contribution < 1.29 is 4.79 Å². The summed E-state index contributed by atoms with van der Waals surface area (Å²) in [6.45, 7) is 5.91. The van der Waals surface area contributed by atoms with Gasteiger partial charge in [-0.3, -0.25) is 4.79 Å². The molecule has 30 heavy (non-hydrogen) atoms. The SMILES string of the molecule is CCc1ccc(NC(=O)C(C#N)=Cc2cc(C)n(-c3cccc(Cl)c3Cl)c2C)cc1. The van der Waals surface area contributed by atoms with Crippen LogP contribution in [0.3, 0.4) is 0 Å². The summed E-state index contributed by atoms with van der Waals surface area (Å²) in [5.74, 6) is -0.452. The smallest absolute Gasteiger partial charge is 0.266 e. The minimum atomic E-state index is -0.452. The van der Waals surface area contributed by atoms with Crippen LogP contribution in [-0.4, -0.2) is 10.5 Å². The minimum Gasteiger partial charge on any atom is -0.321 e. The number of nitriles is 1. The van der Waals surface area contributed by atoms with Crippen molar-refractivity contribution in [1.29, 1.82) is 5.26 Å². The molecule has 1 heterocycles. The Balaban J connectivity index is 1.93. The lowest BCUT2D eigenvalue weighted by molar-refractivity contribution is -0.112. The molecule has 0 unspecified atom stereocenters. The summed E-state index contributed by atoms with van der Waals surface area (Å²) in [6.07, 6.45) is 2.51. The molecule has 0 saturated carbocycles. The number of hydrogen-bond donors (Lipinski definition) is 1. The number of carbonyl (C=O) groups is 1. The molecule has 0 fully saturated rings. The molecule has 0 radical (unpaired) electrons. The maximum absolute atomic E-state index is 12.6. The lowest BCUT2D eigenvalue weighted by Crippen LogP contribution is -2.13. The van der Waals surface area contributed by atoms with Crippen molar-refractivity contribution in [2.24, 2.45) is 0 Å². The van der Waals surface area contributed by atoms with Gasteiger partial charge in [0.2, 0.25) is 0 Å². The molecule has 0 bridgehead atoms. The third kappa shape index (κ3) is 4.43. The minimum absolute atomic E-state index is 0.0204. The van der Waals surface area contributed by atoms with Gasteiger partial charge in [-0.1, -0.05) is 48.3 Å². The van der Waals surface area contributed by atoms with E-state index in [2.05, 4.69) is 12.2 Å². The first-order valence-electron chi connectivity index (χ1n) is 9.51. The topological polar surface area (TPSA) is 57.8 Å². The second kappa shape index (κ2) is 9.21. The van der Waals surface area contributed by atoms with Gasteiger partial charge in [0.15, 0.2) is 0 Å². The Morgan fingerprint density at radius 1 is 1.17 bits per heavy atom. The maximum Gasteiger partial charge on any atom is 0.266 e. The Morgan fingerprint density at radius 3 is 2.50 bits per heavy atom. The zero-order chi connectivity index (χ0) is 21.8. The molecule has 4 nitrogen and oxygen atoms in total. The molecule has 6 heteroatoms. The van der Waals surface area contributed by atoms with E-state index in [4.69, 9.17) is 23.2 Å². The number of halogens is 2. The van der Waals surface area contributed by atoms with Crippen LogP contribution in [0.25, 0.3) is 11.8 Å². The summed E-state index contributed by atoms with van der Waals surface area (Å²) in [7, 11) is 0. The normalized spacial score (nSPS) is 11.3. The van der Waals surface area contributed by atoms with Gasteiger partial charge in [-0.15, -0.1) is 0 Å². The van der Waals surface area contributed by atoms with Crippen molar-refractivity contribution >= 4 is 40.9 Å². The van der Waals surface area contributed by atoms with Crippen molar-refractivity contribution in [2.45, 2.75) is 27.2 Å². The number of amides is 1. The van der Waals surface area contributed by atoms with Crippen LogP contribution < -0.4 is 5.32 Å². The van der Waals surface area contributed by atoms with Crippen LogP contribution >= 0.6 is 23.2 Å². The third-order valence-electron chi connectivity index (χ3n) is 4.93. The molecule has 1 aromatic heterocycles. The van der Waals surface area contributed by atoms with Gasteiger partial charge >= 0.3 is 0 Å². The molecule has 0 aliphatic heterocycles. The Morgan fingerprint density at radius 2 is 1.87 bits per heavy atom. The Bertz CT molecular complexity index is 1170. The largest absolute Gasteiger partial charge is 0.321 e. The zero-order valence-corrected chi connectivity index (χ0v) is 18.5. The van der Waals surface area contributed by atoms with E-state index in [0.29, 0.717) is 15.7 Å². The molecule has 2 aromatic carbocycles. The number of aryl methyl sites for hydroxylation is 2. The second-order valence-electron chi connectivity index (χ2n) is 6.91. The molecule has 0 spiro atoms. The zero-order valence-electron chi connectivity index (χ0n) is 17.0. The predicted molar refractivity (Wildman–Crippen MR) is 123 cm³/mol. The van der Waals surface area contributed by atoms with Crippen LogP contribution in [-0.2, 0) is 11.2 Å². The van der Waals surface area contributed by atoms with E-state index in [1.807, 2.05) is 66.9 Å². The maximum atomic E-state index is 12.6. The number of rotatable bonds is 5. The Labute approximate surface area is 186 Å². The van der Waals surface area contributed by atoms with E-state index in [-0.39, 0.29) is 5.57 Å². The van der Waals surface area contributed by atoms with Gasteiger partial charge in [-0.2, -0.15) is 5.26 Å². The van der Waals surface area contributed by atoms with Gasteiger partial charge in [-0.25, -0.2) is 0 Å². The van der Waals surface area contributed by atoms with E-state index >= 15 is 0 Å². The molecule has 0 aliphatic rings. The number of hydrogen-bond acceptors (Lipinski definition) is 2. The first-order chi connectivity index (χ1) is 14.3. The molecule has 0 aliphatic carbocycles. The van der Waals surface area contributed by atoms with Gasteiger partial charge in [0.25, 0.3) is 5.91 Å². The fourth-order valence-electron chi connectivity index (χ4n) is 3.30. The average molecular weight is 438 g/mol. The van der Waals surface area contributed by atoms with Crippen molar-refractivity contribution in [2.75, 3.05) is 5.32 Å². The van der Waals surface area contributed by atoms with Crippen molar-refractivity contribution in [3.63, 3.8) is 0 Å². The highest BCUT2D eigenvalue weighted by atomic mass is 35.5. The van der Waals surface area contributed by atoms with E-state index in [0.717, 1.165) is 29.1 Å². The van der Waals surface area contributed by atoms with Crippen LogP contribution in [0.4, 0.5) is 5.69 Å². The summed E-state index contributed by atoms with van der Waals surface area (Å²) in [5, 5.41) is 13.2. The Hall–Kier alpha value is -3.00. The second-order valence-corrected chi connectivity index (χ2v) is 7.69. The molecular weight excluding hydrogens is 417 g/mol. The number of carbonyl (C=O) groups excluding carboxylic acids is 1. The molecule has 3 rings (SSSR count). The summed E-state index contributed by atoms with van der Waals surface area (Å²) >= 11 is 12.6. The number of nitrogens with zero attached hydrogens (tertiary/aromatic N) is 2. The van der Waals surface area contributed by atoms with E-state index in [9.17, 15) is 10.1 Å². The number of benzene rings is 2. The van der Waals surface area contributed by atoms with E-state index < -0.39 is 5.91 Å². The van der Waals surface area contributed by atoms with E-state index in [1.165, 1.54) is 5.56 Å². The van der Waals surface area contributed by atoms with Crippen LogP contribution in [0.2, 0.25) is 10.0 Å². The highest BCUT2D eigenvalue weighted by Gasteiger charge is 2.16. The Kier molecular flexibility index (Phi) is 6.66. The van der Waals surface area contributed by atoms with Crippen molar-refractivity contribution in [3.05, 3.63) is 86.7 Å². The van der Waals surface area contributed by atoms with Gasteiger partial charge in [0.05, 0.1) is 15.7 Å². The van der Waals surface area contributed by atoms with Gasteiger partial charge in [0, 0.05) is 17.1 Å². The molecular formula is C24H21Cl2N3O. The van der Waals surface area contributed by atoms with Gasteiger partial charge in [0.1, 0.15) is 11.6 Å². The molecule has 0 atom stereocenters. The quantitative estimate of drug-likeness (QED) is 0.365. The lowest BCUT2D eigenvalue weighted by Gasteiger charge is -2.12. The average Bonchev–Trinajstić information content (AvgIpc) is 3.01. The fourth-order valence-corrected chi connectivity index (χ4v) is 3.68. The summed E-state index contributed by atoms with van der Waals surface area (Å²) < 4.78 is 1.95. The highest BCUT2D eigenvalue weighted by Crippen LogP contribution is 2.32. The molecule has 1 amide bonds. The van der Waals surface area contributed by atoms with Crippen LogP contribution in [0, 0.1) is 25.2 Å².